The number of nitrogens with one attached hydrogen (secondary N) is 1. The van der Waals surface area contributed by atoms with Crippen molar-refractivity contribution in [1.82, 2.24) is 24.4 Å². The monoisotopic (exact) mass is 1410 g/mol. The molecule has 4 rings (SSSR count). The van der Waals surface area contributed by atoms with E-state index in [9.17, 15) is 24.0 Å². The van der Waals surface area contributed by atoms with Gasteiger partial charge >= 0.3 is 11.9 Å². The molecule has 1 aliphatic heterocycles. The minimum absolute atomic E-state index is 0.00678. The van der Waals surface area contributed by atoms with Gasteiger partial charge < -0.3 is 43.4 Å². The van der Waals surface area contributed by atoms with Crippen LogP contribution in [0.5, 0.6) is 17.2 Å². The fourth-order valence-corrected chi connectivity index (χ4v) is 13.7. The Morgan fingerprint density at radius 3 is 1.29 bits per heavy atom. The van der Waals surface area contributed by atoms with Crippen LogP contribution in [0.4, 0.5) is 5.82 Å². The van der Waals surface area contributed by atoms with Crippen molar-refractivity contribution in [1.29, 1.82) is 0 Å². The summed E-state index contributed by atoms with van der Waals surface area (Å²) in [7, 11) is 1.69. The molecule has 1 saturated heterocycles. The van der Waals surface area contributed by atoms with Crippen LogP contribution >= 0.6 is 0 Å². The molecular formula is C84H144N6O11. The lowest BCUT2D eigenvalue weighted by Gasteiger charge is -2.21. The summed E-state index contributed by atoms with van der Waals surface area (Å²) in [5, 5.41) is 2.77. The molecule has 1 aromatic carbocycles. The van der Waals surface area contributed by atoms with Gasteiger partial charge in [-0.3, -0.25) is 23.7 Å². The average Bonchev–Trinajstić information content (AvgIpc) is 1.78. The number of likely N-dealkylation sites (N-methyl/N-ethyl adjacent to an activating group) is 1. The first kappa shape index (κ1) is 88.1. The summed E-state index contributed by atoms with van der Waals surface area (Å²) >= 11 is 0. The number of unbranched alkanes of at least 4 members (excludes halogenated alkanes) is 45. The van der Waals surface area contributed by atoms with Crippen LogP contribution in [0, 0.1) is 0 Å². The van der Waals surface area contributed by atoms with Crippen LogP contribution in [-0.2, 0) is 33.4 Å². The number of anilines is 1. The van der Waals surface area contributed by atoms with Crippen molar-refractivity contribution in [2.24, 2.45) is 0 Å². The lowest BCUT2D eigenvalue weighted by molar-refractivity contribution is -0.152. The van der Waals surface area contributed by atoms with Crippen LogP contribution in [0.25, 0.3) is 11.2 Å². The van der Waals surface area contributed by atoms with Crippen LogP contribution in [-0.4, -0.2) is 106 Å². The molecule has 3 atom stereocenters. The van der Waals surface area contributed by atoms with Crippen LogP contribution in [0.1, 0.15) is 398 Å². The molecule has 0 aliphatic carbocycles. The molecule has 17 nitrogen and oxygen atoms in total. The van der Waals surface area contributed by atoms with E-state index < -0.39 is 30.2 Å². The Bertz CT molecular complexity index is 2550. The van der Waals surface area contributed by atoms with Gasteiger partial charge in [-0.1, -0.05) is 317 Å². The number of fused-ring (bicyclic) bond motifs is 1. The van der Waals surface area contributed by atoms with Crippen molar-refractivity contribution >= 4 is 46.5 Å². The number of nitrogens with zero attached hydrogens (tertiary/aromatic N) is 5. The summed E-state index contributed by atoms with van der Waals surface area (Å²) in [6.07, 6.45) is 64.3. The fraction of sp³-hybridized carbons (Fsp3) is 0.810. The van der Waals surface area contributed by atoms with Crippen molar-refractivity contribution in [2.45, 2.75) is 400 Å². The molecule has 0 spiro atoms. The molecule has 17 heteroatoms. The van der Waals surface area contributed by atoms with Crippen LogP contribution in [0.2, 0.25) is 0 Å². The third-order valence-corrected chi connectivity index (χ3v) is 20.1. The van der Waals surface area contributed by atoms with E-state index in [1.54, 1.807) is 30.1 Å². The van der Waals surface area contributed by atoms with Gasteiger partial charge in [0, 0.05) is 31.9 Å². The third-order valence-electron chi connectivity index (χ3n) is 20.1. The van der Waals surface area contributed by atoms with E-state index in [1.165, 1.54) is 288 Å². The van der Waals surface area contributed by atoms with Gasteiger partial charge in [-0.15, -0.1) is 0 Å². The van der Waals surface area contributed by atoms with E-state index >= 15 is 0 Å². The van der Waals surface area contributed by atoms with Crippen molar-refractivity contribution in [2.75, 3.05) is 45.3 Å². The van der Waals surface area contributed by atoms with Crippen LogP contribution in [0.3, 0.4) is 0 Å². The topological polar surface area (TPSA) is 200 Å². The van der Waals surface area contributed by atoms with Gasteiger partial charge in [0.2, 0.25) is 11.7 Å². The average molecular weight is 1410 g/mol. The van der Waals surface area contributed by atoms with E-state index in [0.717, 1.165) is 38.5 Å². The Balaban J connectivity index is 1.33. The molecule has 2 amide bonds. The number of aromatic nitrogens is 4. The Morgan fingerprint density at radius 2 is 0.881 bits per heavy atom. The van der Waals surface area contributed by atoms with Gasteiger partial charge in [0.15, 0.2) is 28.5 Å². The summed E-state index contributed by atoms with van der Waals surface area (Å²) in [4.78, 5) is 79.5. The smallest absolute Gasteiger partial charge is 0.306 e. The lowest BCUT2D eigenvalue weighted by atomic mass is 10.0. The molecular weight excluding hydrogens is 1270 g/mol. The first-order valence-electron chi connectivity index (χ1n) is 41.8. The molecule has 1 N–H and O–H groups in total. The molecule has 1 unspecified atom stereocenters. The maximum Gasteiger partial charge on any atom is 0.306 e. The summed E-state index contributed by atoms with van der Waals surface area (Å²) in [6.45, 7) is 11.8. The first-order chi connectivity index (χ1) is 49.5. The SMILES string of the molecule is CCCCCCCCCCCCCCCCCCOc1cc(C(=O)N(C)CCOC(=O)CCC(=O)Nc2ncnc3c2ncn3[C@H]2CC(OC(=O)CCC(C)=O)[C@@H](CC)O2)cc(OCCCCCCCCCCCCCCCCCC)c1OCCCCCCCCCCCCCCCCCC. The summed E-state index contributed by atoms with van der Waals surface area (Å²) in [5.74, 6) is -0.0785. The van der Waals surface area contributed by atoms with Crippen LogP contribution < -0.4 is 19.5 Å². The third kappa shape index (κ3) is 41.1. The molecule has 1 aliphatic rings. The van der Waals surface area contributed by atoms with Crippen LogP contribution in [0.15, 0.2) is 24.8 Å². The number of hydrogen-bond acceptors (Lipinski definition) is 14. The number of esters is 2. The van der Waals surface area contributed by atoms with Crippen molar-refractivity contribution < 1.29 is 52.4 Å². The summed E-state index contributed by atoms with van der Waals surface area (Å²) in [6, 6.07) is 3.60. The minimum Gasteiger partial charge on any atom is -0.490 e. The Labute approximate surface area is 613 Å². The lowest BCUT2D eigenvalue weighted by Crippen LogP contribution is -2.31. The molecule has 0 saturated carbocycles. The molecule has 3 aromatic rings. The predicted octanol–water partition coefficient (Wildman–Crippen LogP) is 22.8. The van der Waals surface area contributed by atoms with Gasteiger partial charge in [0.05, 0.1) is 51.6 Å². The zero-order valence-electron chi connectivity index (χ0n) is 65.0. The van der Waals surface area contributed by atoms with Gasteiger partial charge in [-0.2, -0.15) is 0 Å². The van der Waals surface area contributed by atoms with E-state index in [2.05, 4.69) is 41.0 Å². The second-order valence-corrected chi connectivity index (χ2v) is 29.3. The van der Waals surface area contributed by atoms with Crippen molar-refractivity contribution in [3.8, 4) is 17.2 Å². The highest BCUT2D eigenvalue weighted by atomic mass is 16.6. The predicted molar refractivity (Wildman–Crippen MR) is 411 cm³/mol. The largest absolute Gasteiger partial charge is 0.490 e. The maximum absolute atomic E-state index is 14.4. The number of carbonyl (C=O) groups excluding carboxylic acids is 5. The van der Waals surface area contributed by atoms with Gasteiger partial charge in [0.1, 0.15) is 31.0 Å². The number of hydrogen-bond donors (Lipinski definition) is 1. The molecule has 0 radical (unpaired) electrons. The number of benzene rings is 1. The minimum atomic E-state index is -0.584. The molecule has 2 aromatic heterocycles. The van der Waals surface area contributed by atoms with Crippen molar-refractivity contribution in [3.63, 3.8) is 0 Å². The summed E-state index contributed by atoms with van der Waals surface area (Å²) in [5.41, 5.74) is 1.14. The van der Waals surface area contributed by atoms with E-state index in [4.69, 9.17) is 28.4 Å². The molecule has 101 heavy (non-hydrogen) atoms. The molecule has 576 valence electrons. The Kier molecular flexibility index (Phi) is 51.4. The number of carbonyl (C=O) groups is 5. The van der Waals surface area contributed by atoms with E-state index in [1.807, 2.05) is 6.92 Å². The zero-order valence-corrected chi connectivity index (χ0v) is 65.0. The Hall–Kier alpha value is -5.32. The number of ether oxygens (including phenoxy) is 6. The number of ketones is 1. The maximum atomic E-state index is 14.4. The number of amides is 2. The highest BCUT2D eigenvalue weighted by molar-refractivity contribution is 5.98. The highest BCUT2D eigenvalue weighted by Crippen LogP contribution is 2.41. The second-order valence-electron chi connectivity index (χ2n) is 29.3. The fourth-order valence-electron chi connectivity index (χ4n) is 13.7. The highest BCUT2D eigenvalue weighted by Gasteiger charge is 2.39. The van der Waals surface area contributed by atoms with Crippen molar-refractivity contribution in [3.05, 3.63) is 30.4 Å². The standard InChI is InChI=1S/C84H144N6O11/c1-7-11-14-17-20-23-26-29-32-35-38-41-44-47-50-53-61-96-74-65-71(84(95)89(6)60-64-98-78(93)59-57-76(92)88-82-80-83(86-68-85-82)90(69-87-80)77-67-73(72(10-4)100-77)101-79(94)58-56-70(5)91)66-75(97-62-54-51-48-45-42-39-36-33-30-27-24-21-18-15-12-8-2)81(74)99-63-55-52-49-46-43-40-37-34-31-28-25-22-19-16-13-9-3/h65-66,68-69,72-73,77H,7-64,67H2,1-6H3,(H,85,86,88,92)/t72-,73?,77-/m1/s1. The van der Waals surface area contributed by atoms with Gasteiger partial charge in [-0.05, 0) is 44.7 Å². The number of imidazole rings is 1. The zero-order chi connectivity index (χ0) is 72.4. The number of Topliss-reactive ketones (excluding diaryl/α,β-unsaturated/α-hetero) is 1. The number of rotatable bonds is 68. The van der Waals surface area contributed by atoms with Gasteiger partial charge in [-0.25, -0.2) is 15.0 Å². The molecule has 1 fully saturated rings. The van der Waals surface area contributed by atoms with E-state index in [-0.39, 0.29) is 62.4 Å². The first-order valence-corrected chi connectivity index (χ1v) is 41.8. The van der Waals surface area contributed by atoms with Gasteiger partial charge in [0.25, 0.3) is 5.91 Å². The quantitative estimate of drug-likeness (QED) is 0.0413. The second kappa shape index (κ2) is 59.0. The Morgan fingerprint density at radius 1 is 0.485 bits per heavy atom. The molecule has 3 heterocycles. The summed E-state index contributed by atoms with van der Waals surface area (Å²) < 4.78 is 39.3. The normalized spacial score (nSPS) is 14.4. The van der Waals surface area contributed by atoms with E-state index in [0.29, 0.717) is 66.6 Å². The molecule has 0 bridgehead atoms.